The van der Waals surface area contributed by atoms with Crippen molar-refractivity contribution in [2.45, 2.75) is 13.5 Å². The lowest BCUT2D eigenvalue weighted by atomic mass is 10.1. The number of nitrogens with zero attached hydrogens (tertiary/aromatic N) is 2. The van der Waals surface area contributed by atoms with Crippen molar-refractivity contribution in [2.75, 3.05) is 6.54 Å². The van der Waals surface area contributed by atoms with Gasteiger partial charge < -0.3 is 19.7 Å². The number of carbonyl (C=O) groups is 1. The number of rotatable bonds is 5. The van der Waals surface area contributed by atoms with E-state index in [0.717, 1.165) is 4.73 Å². The first-order valence-corrected chi connectivity index (χ1v) is 7.30. The van der Waals surface area contributed by atoms with Crippen LogP contribution in [-0.2, 0) is 6.61 Å². The summed E-state index contributed by atoms with van der Waals surface area (Å²) in [7, 11) is 0. The number of oxazole rings is 1. The zero-order chi connectivity index (χ0) is 17.1. The lowest BCUT2D eigenvalue weighted by Crippen LogP contribution is -2.35. The van der Waals surface area contributed by atoms with E-state index in [1.807, 2.05) is 0 Å². The molecule has 8 heteroatoms. The SMILES string of the molecule is CCNC(=O)c1c(O)c2ccccc2n(OCc2ncco2)c1=O. The average molecular weight is 329 g/mol. The summed E-state index contributed by atoms with van der Waals surface area (Å²) in [4.78, 5) is 34.2. The number of amides is 1. The van der Waals surface area contributed by atoms with Gasteiger partial charge in [-0.05, 0) is 19.1 Å². The lowest BCUT2D eigenvalue weighted by molar-refractivity contribution is 0.0805. The molecular formula is C16H15N3O5. The van der Waals surface area contributed by atoms with Crippen LogP contribution in [-0.4, -0.2) is 27.3 Å². The predicted molar refractivity (Wildman–Crippen MR) is 84.7 cm³/mol. The van der Waals surface area contributed by atoms with E-state index in [2.05, 4.69) is 10.3 Å². The molecule has 2 heterocycles. The molecule has 0 saturated carbocycles. The van der Waals surface area contributed by atoms with Crippen LogP contribution >= 0.6 is 0 Å². The van der Waals surface area contributed by atoms with E-state index in [1.165, 1.54) is 12.5 Å². The van der Waals surface area contributed by atoms with Gasteiger partial charge in [0.2, 0.25) is 5.89 Å². The van der Waals surface area contributed by atoms with Gasteiger partial charge in [0.1, 0.15) is 17.6 Å². The number of pyridine rings is 1. The molecule has 0 aliphatic heterocycles. The molecule has 0 bridgehead atoms. The van der Waals surface area contributed by atoms with Crippen LogP contribution in [0.3, 0.4) is 0 Å². The van der Waals surface area contributed by atoms with Crippen LogP contribution in [0.5, 0.6) is 5.75 Å². The van der Waals surface area contributed by atoms with Crippen LogP contribution in [0.2, 0.25) is 0 Å². The van der Waals surface area contributed by atoms with Crippen LogP contribution in [0.4, 0.5) is 0 Å². The van der Waals surface area contributed by atoms with Gasteiger partial charge in [-0.3, -0.25) is 9.59 Å². The predicted octanol–water partition coefficient (Wildman–Crippen LogP) is 1.07. The second-order valence-corrected chi connectivity index (χ2v) is 4.90. The van der Waals surface area contributed by atoms with Gasteiger partial charge in [-0.15, -0.1) is 4.73 Å². The van der Waals surface area contributed by atoms with Gasteiger partial charge in [-0.1, -0.05) is 12.1 Å². The average Bonchev–Trinajstić information content (AvgIpc) is 3.08. The van der Waals surface area contributed by atoms with E-state index in [1.54, 1.807) is 31.2 Å². The summed E-state index contributed by atoms with van der Waals surface area (Å²) >= 11 is 0. The third-order valence-corrected chi connectivity index (χ3v) is 3.38. The molecule has 124 valence electrons. The highest BCUT2D eigenvalue weighted by atomic mass is 16.7. The first kappa shape index (κ1) is 15.6. The van der Waals surface area contributed by atoms with Crippen LogP contribution in [0.1, 0.15) is 23.2 Å². The number of nitrogens with one attached hydrogen (secondary N) is 1. The number of aromatic nitrogens is 2. The normalized spacial score (nSPS) is 10.7. The Morgan fingerprint density at radius 1 is 1.42 bits per heavy atom. The smallest absolute Gasteiger partial charge is 0.300 e. The minimum absolute atomic E-state index is 0.101. The Hall–Kier alpha value is -3.29. The first-order chi connectivity index (χ1) is 11.6. The number of hydrogen-bond donors (Lipinski definition) is 2. The number of fused-ring (bicyclic) bond motifs is 1. The van der Waals surface area contributed by atoms with E-state index in [4.69, 9.17) is 9.25 Å². The fourth-order valence-corrected chi connectivity index (χ4v) is 2.32. The zero-order valence-electron chi connectivity index (χ0n) is 12.9. The zero-order valence-corrected chi connectivity index (χ0v) is 12.9. The van der Waals surface area contributed by atoms with Crippen molar-refractivity contribution >= 4 is 16.8 Å². The molecule has 0 aliphatic carbocycles. The molecule has 0 fully saturated rings. The number of carbonyl (C=O) groups excluding carboxylic acids is 1. The summed E-state index contributed by atoms with van der Waals surface area (Å²) in [5.41, 5.74) is -0.800. The van der Waals surface area contributed by atoms with E-state index >= 15 is 0 Å². The van der Waals surface area contributed by atoms with Crippen LogP contribution < -0.4 is 15.7 Å². The molecule has 0 spiro atoms. The molecule has 24 heavy (non-hydrogen) atoms. The minimum atomic E-state index is -0.760. The maximum absolute atomic E-state index is 12.6. The molecule has 2 N–H and O–H groups in total. The molecule has 3 aromatic rings. The lowest BCUT2D eigenvalue weighted by Gasteiger charge is -2.14. The topological polar surface area (TPSA) is 107 Å². The Morgan fingerprint density at radius 2 is 2.21 bits per heavy atom. The molecule has 3 rings (SSSR count). The van der Waals surface area contributed by atoms with E-state index in [9.17, 15) is 14.7 Å². The summed E-state index contributed by atoms with van der Waals surface area (Å²) in [6, 6.07) is 6.58. The Balaban J connectivity index is 2.15. The van der Waals surface area contributed by atoms with Gasteiger partial charge in [0.15, 0.2) is 6.61 Å². The molecular weight excluding hydrogens is 314 g/mol. The number of hydrogen-bond acceptors (Lipinski definition) is 6. The molecule has 1 aromatic carbocycles. The van der Waals surface area contributed by atoms with E-state index in [-0.39, 0.29) is 23.8 Å². The summed E-state index contributed by atoms with van der Waals surface area (Å²) in [5, 5.41) is 13.2. The monoisotopic (exact) mass is 329 g/mol. The second kappa shape index (κ2) is 6.45. The van der Waals surface area contributed by atoms with Gasteiger partial charge in [-0.25, -0.2) is 4.98 Å². The summed E-state index contributed by atoms with van der Waals surface area (Å²) < 4.78 is 6.03. The van der Waals surface area contributed by atoms with Crippen LogP contribution in [0.25, 0.3) is 10.9 Å². The van der Waals surface area contributed by atoms with Gasteiger partial charge in [0.05, 0.1) is 11.7 Å². The van der Waals surface area contributed by atoms with Crippen LogP contribution in [0, 0.1) is 0 Å². The number of benzene rings is 1. The minimum Gasteiger partial charge on any atom is -0.506 e. The maximum atomic E-state index is 12.6. The largest absolute Gasteiger partial charge is 0.506 e. The first-order valence-electron chi connectivity index (χ1n) is 7.30. The van der Waals surface area contributed by atoms with E-state index < -0.39 is 11.5 Å². The Bertz CT molecular complexity index is 931. The molecule has 1 amide bonds. The van der Waals surface area contributed by atoms with Gasteiger partial charge >= 0.3 is 0 Å². The summed E-state index contributed by atoms with van der Waals surface area (Å²) in [6.45, 7) is 1.94. The van der Waals surface area contributed by atoms with Gasteiger partial charge in [-0.2, -0.15) is 0 Å². The maximum Gasteiger partial charge on any atom is 0.300 e. The molecule has 0 unspecified atom stereocenters. The molecule has 8 nitrogen and oxygen atoms in total. The molecule has 0 aliphatic rings. The highest BCUT2D eigenvalue weighted by Crippen LogP contribution is 2.25. The number of aromatic hydroxyl groups is 1. The van der Waals surface area contributed by atoms with Crippen molar-refractivity contribution in [2.24, 2.45) is 0 Å². The number of para-hydroxylation sites is 1. The Kier molecular flexibility index (Phi) is 4.19. The van der Waals surface area contributed by atoms with Crippen molar-refractivity contribution in [1.29, 1.82) is 0 Å². The fraction of sp³-hybridized carbons (Fsp3) is 0.188. The van der Waals surface area contributed by atoms with Crippen LogP contribution in [0.15, 0.2) is 45.9 Å². The van der Waals surface area contributed by atoms with Crippen molar-refractivity contribution in [3.05, 3.63) is 58.5 Å². The summed E-state index contributed by atoms with van der Waals surface area (Å²) in [5.74, 6) is -0.768. The van der Waals surface area contributed by atoms with E-state index in [0.29, 0.717) is 17.4 Å². The highest BCUT2D eigenvalue weighted by molar-refractivity contribution is 6.02. The van der Waals surface area contributed by atoms with Crippen molar-refractivity contribution in [3.63, 3.8) is 0 Å². The summed E-state index contributed by atoms with van der Waals surface area (Å²) in [6.07, 6.45) is 2.84. The quantitative estimate of drug-likeness (QED) is 0.725. The Labute approximate surface area is 136 Å². The van der Waals surface area contributed by atoms with Crippen molar-refractivity contribution in [3.8, 4) is 5.75 Å². The van der Waals surface area contributed by atoms with Crippen molar-refractivity contribution in [1.82, 2.24) is 15.0 Å². The third kappa shape index (κ3) is 2.69. The molecule has 2 aromatic heterocycles. The third-order valence-electron chi connectivity index (χ3n) is 3.38. The molecule has 0 atom stereocenters. The van der Waals surface area contributed by atoms with Gasteiger partial charge in [0, 0.05) is 11.9 Å². The molecule has 0 saturated heterocycles. The van der Waals surface area contributed by atoms with Crippen molar-refractivity contribution < 1.29 is 19.2 Å². The molecule has 0 radical (unpaired) electrons. The van der Waals surface area contributed by atoms with Gasteiger partial charge in [0.25, 0.3) is 11.5 Å². The fourth-order valence-electron chi connectivity index (χ4n) is 2.32. The Morgan fingerprint density at radius 3 is 2.92 bits per heavy atom. The highest BCUT2D eigenvalue weighted by Gasteiger charge is 2.22. The second-order valence-electron chi connectivity index (χ2n) is 4.90. The standard InChI is InChI=1S/C16H15N3O5/c1-2-17-15(21)13-14(20)10-5-3-4-6-11(10)19(16(13)22)24-9-12-18-7-8-23-12/h3-8,20H,2,9H2,1H3,(H,17,21).